The van der Waals surface area contributed by atoms with Gasteiger partial charge in [0.2, 0.25) is 0 Å². The van der Waals surface area contributed by atoms with E-state index in [1.807, 2.05) is 52.1 Å². The number of hydrogen-bond donors (Lipinski definition) is 1. The Morgan fingerprint density at radius 2 is 2.05 bits per heavy atom. The lowest BCUT2D eigenvalue weighted by atomic mass is 10.0. The quantitative estimate of drug-likeness (QED) is 0.878. The maximum absolute atomic E-state index is 12.3. The summed E-state index contributed by atoms with van der Waals surface area (Å²) in [6, 6.07) is 7.66. The molecular formula is C14H18ClN3O. The average molecular weight is 280 g/mol. The summed E-state index contributed by atoms with van der Waals surface area (Å²) in [4.78, 5) is 12.3. The fourth-order valence-electron chi connectivity index (χ4n) is 1.83. The van der Waals surface area contributed by atoms with E-state index in [0.29, 0.717) is 5.69 Å². The molecule has 0 fully saturated rings. The number of amides is 1. The van der Waals surface area contributed by atoms with Gasteiger partial charge in [0.15, 0.2) is 5.69 Å². The van der Waals surface area contributed by atoms with Crippen LogP contribution >= 0.6 is 11.6 Å². The van der Waals surface area contributed by atoms with Crippen LogP contribution in [-0.2, 0) is 7.05 Å². The molecule has 2 rings (SSSR count). The second-order valence-electron chi connectivity index (χ2n) is 5.28. The van der Waals surface area contributed by atoms with Gasteiger partial charge in [-0.3, -0.25) is 9.48 Å². The molecule has 1 amide bonds. The zero-order chi connectivity index (χ0) is 14.2. The van der Waals surface area contributed by atoms with Gasteiger partial charge in [0.25, 0.3) is 5.91 Å². The van der Waals surface area contributed by atoms with Crippen molar-refractivity contribution in [2.75, 3.05) is 0 Å². The van der Waals surface area contributed by atoms with Crippen molar-refractivity contribution in [2.45, 2.75) is 31.7 Å². The van der Waals surface area contributed by atoms with Crippen LogP contribution in [-0.4, -0.2) is 26.6 Å². The van der Waals surface area contributed by atoms with Gasteiger partial charge in [-0.05, 0) is 26.8 Å². The van der Waals surface area contributed by atoms with Crippen molar-refractivity contribution in [3.8, 4) is 0 Å². The molecule has 0 saturated heterocycles. The third kappa shape index (κ3) is 2.59. The molecule has 0 radical (unpaired) electrons. The lowest BCUT2D eigenvalue weighted by molar-refractivity contribution is 0.0908. The van der Waals surface area contributed by atoms with E-state index in [9.17, 15) is 4.79 Å². The van der Waals surface area contributed by atoms with Crippen molar-refractivity contribution in [3.63, 3.8) is 0 Å². The van der Waals surface area contributed by atoms with Crippen molar-refractivity contribution in [1.29, 1.82) is 0 Å². The summed E-state index contributed by atoms with van der Waals surface area (Å²) in [7, 11) is 1.83. The van der Waals surface area contributed by atoms with E-state index in [-0.39, 0.29) is 11.3 Å². The highest BCUT2D eigenvalue weighted by atomic mass is 35.5. The second kappa shape index (κ2) is 4.85. The Balaban J connectivity index is 2.38. The van der Waals surface area contributed by atoms with Gasteiger partial charge in [-0.2, -0.15) is 5.10 Å². The van der Waals surface area contributed by atoms with Crippen LogP contribution in [0, 0.1) is 0 Å². The molecule has 1 unspecified atom stereocenters. The number of para-hydroxylation sites is 1. The molecule has 2 aromatic rings. The molecular weight excluding hydrogens is 262 g/mol. The Morgan fingerprint density at radius 3 is 2.68 bits per heavy atom. The van der Waals surface area contributed by atoms with Gasteiger partial charge < -0.3 is 5.32 Å². The van der Waals surface area contributed by atoms with E-state index in [2.05, 4.69) is 10.4 Å². The van der Waals surface area contributed by atoms with Gasteiger partial charge in [0.1, 0.15) is 0 Å². The monoisotopic (exact) mass is 279 g/mol. The lowest BCUT2D eigenvalue weighted by Gasteiger charge is -2.28. The van der Waals surface area contributed by atoms with E-state index in [1.54, 1.807) is 4.68 Å². The number of aryl methyl sites for hydroxylation is 1. The molecule has 0 aliphatic heterocycles. The van der Waals surface area contributed by atoms with Crippen molar-refractivity contribution in [2.24, 2.45) is 7.05 Å². The van der Waals surface area contributed by atoms with Gasteiger partial charge in [-0.25, -0.2) is 0 Å². The van der Waals surface area contributed by atoms with E-state index >= 15 is 0 Å². The molecule has 0 saturated carbocycles. The predicted octanol–water partition coefficient (Wildman–Crippen LogP) is 2.71. The zero-order valence-corrected chi connectivity index (χ0v) is 12.3. The van der Waals surface area contributed by atoms with E-state index < -0.39 is 5.54 Å². The average Bonchev–Trinajstić information content (AvgIpc) is 2.67. The molecule has 0 spiro atoms. The number of fused-ring (bicyclic) bond motifs is 1. The normalized spacial score (nSPS) is 13.5. The third-order valence-corrected chi connectivity index (χ3v) is 3.95. The molecule has 1 aromatic carbocycles. The topological polar surface area (TPSA) is 46.9 Å². The predicted molar refractivity (Wildman–Crippen MR) is 77.6 cm³/mol. The Bertz CT molecular complexity index is 616. The van der Waals surface area contributed by atoms with Crippen LogP contribution in [0.4, 0.5) is 0 Å². The highest BCUT2D eigenvalue weighted by Crippen LogP contribution is 2.20. The maximum atomic E-state index is 12.3. The summed E-state index contributed by atoms with van der Waals surface area (Å²) in [6.45, 7) is 5.65. The number of nitrogens with one attached hydrogen (secondary N) is 1. The molecule has 1 aromatic heterocycles. The van der Waals surface area contributed by atoms with Gasteiger partial charge >= 0.3 is 0 Å². The number of nitrogens with zero attached hydrogens (tertiary/aromatic N) is 2. The summed E-state index contributed by atoms with van der Waals surface area (Å²) in [5.41, 5.74) is 0.880. The highest BCUT2D eigenvalue weighted by Gasteiger charge is 2.28. The zero-order valence-electron chi connectivity index (χ0n) is 11.6. The van der Waals surface area contributed by atoms with E-state index in [4.69, 9.17) is 11.6 Å². The largest absolute Gasteiger partial charge is 0.344 e. The van der Waals surface area contributed by atoms with Crippen molar-refractivity contribution < 1.29 is 4.79 Å². The molecule has 0 aliphatic rings. The Labute approximate surface area is 117 Å². The van der Waals surface area contributed by atoms with Crippen molar-refractivity contribution in [1.82, 2.24) is 15.1 Å². The number of alkyl halides is 1. The molecule has 0 bridgehead atoms. The molecule has 4 nitrogen and oxygen atoms in total. The first kappa shape index (κ1) is 13.9. The summed E-state index contributed by atoms with van der Waals surface area (Å²) in [5.74, 6) is -0.200. The number of hydrogen-bond acceptors (Lipinski definition) is 2. The first-order chi connectivity index (χ1) is 8.83. The fraction of sp³-hybridized carbons (Fsp3) is 0.429. The minimum atomic E-state index is -0.489. The number of rotatable bonds is 3. The maximum Gasteiger partial charge on any atom is 0.272 e. The van der Waals surface area contributed by atoms with Gasteiger partial charge in [0, 0.05) is 12.4 Å². The summed E-state index contributed by atoms with van der Waals surface area (Å²) in [5, 5.41) is 7.90. The SMILES string of the molecule is CC(Cl)C(C)(C)NC(=O)c1nn(C)c2ccccc12. The molecule has 102 valence electrons. The molecule has 0 aliphatic carbocycles. The summed E-state index contributed by atoms with van der Waals surface area (Å²) in [6.07, 6.45) is 0. The standard InChI is InChI=1S/C14H18ClN3O/c1-9(15)14(2,3)16-13(19)12-10-7-5-6-8-11(10)18(4)17-12/h5-9H,1-4H3,(H,16,19). The fourth-order valence-corrected chi connectivity index (χ4v) is 1.89. The minimum Gasteiger partial charge on any atom is -0.344 e. The highest BCUT2D eigenvalue weighted by molar-refractivity contribution is 6.21. The second-order valence-corrected chi connectivity index (χ2v) is 5.94. The van der Waals surface area contributed by atoms with Crippen LogP contribution in [0.1, 0.15) is 31.3 Å². The van der Waals surface area contributed by atoms with Gasteiger partial charge in [-0.15, -0.1) is 11.6 Å². The Morgan fingerprint density at radius 1 is 1.42 bits per heavy atom. The molecule has 1 heterocycles. The number of carbonyl (C=O) groups excluding carboxylic acids is 1. The smallest absolute Gasteiger partial charge is 0.272 e. The van der Waals surface area contributed by atoms with Crippen molar-refractivity contribution in [3.05, 3.63) is 30.0 Å². The van der Waals surface area contributed by atoms with Gasteiger partial charge in [-0.1, -0.05) is 18.2 Å². The van der Waals surface area contributed by atoms with Crippen LogP contribution in [0.15, 0.2) is 24.3 Å². The third-order valence-electron chi connectivity index (χ3n) is 3.40. The molecule has 5 heteroatoms. The van der Waals surface area contributed by atoms with Crippen LogP contribution in [0.3, 0.4) is 0 Å². The first-order valence-corrected chi connectivity index (χ1v) is 6.65. The number of halogens is 1. The number of carbonyl (C=O) groups is 1. The Kier molecular flexibility index (Phi) is 3.54. The Hall–Kier alpha value is -1.55. The van der Waals surface area contributed by atoms with E-state index in [1.165, 1.54) is 0 Å². The van der Waals surface area contributed by atoms with Crippen LogP contribution in [0.2, 0.25) is 0 Å². The summed E-state index contributed by atoms with van der Waals surface area (Å²) >= 11 is 6.08. The molecule has 1 N–H and O–H groups in total. The van der Waals surface area contributed by atoms with Crippen LogP contribution in [0.25, 0.3) is 10.9 Å². The molecule has 1 atom stereocenters. The molecule has 19 heavy (non-hydrogen) atoms. The number of benzene rings is 1. The first-order valence-electron chi connectivity index (χ1n) is 6.21. The van der Waals surface area contributed by atoms with Crippen LogP contribution < -0.4 is 5.32 Å². The van der Waals surface area contributed by atoms with Crippen molar-refractivity contribution >= 4 is 28.4 Å². The minimum absolute atomic E-state index is 0.175. The van der Waals surface area contributed by atoms with E-state index in [0.717, 1.165) is 10.9 Å². The van der Waals surface area contributed by atoms with Crippen LogP contribution in [0.5, 0.6) is 0 Å². The summed E-state index contributed by atoms with van der Waals surface area (Å²) < 4.78 is 1.71. The lowest BCUT2D eigenvalue weighted by Crippen LogP contribution is -2.49. The van der Waals surface area contributed by atoms with Gasteiger partial charge in [0.05, 0.1) is 16.4 Å². The number of aromatic nitrogens is 2.